The minimum absolute atomic E-state index is 0. The Balaban J connectivity index is 0. The maximum Gasteiger partial charge on any atom is 0 e. The first-order valence-corrected chi connectivity index (χ1v) is 0. The van der Waals surface area contributed by atoms with Crippen molar-refractivity contribution in [1.29, 1.82) is 0 Å². The summed E-state index contributed by atoms with van der Waals surface area (Å²) in [7, 11) is 0. The molecule has 0 aromatic rings. The third-order valence-corrected chi connectivity index (χ3v) is 0. The second-order valence-electron chi connectivity index (χ2n) is 0. The van der Waals surface area contributed by atoms with E-state index in [0.717, 1.165) is 0 Å². The molecular formula is GeNa3. The van der Waals surface area contributed by atoms with Gasteiger partial charge in [0.15, 0.2) is 0 Å². The van der Waals surface area contributed by atoms with Crippen LogP contribution in [0.25, 0.3) is 0 Å². The van der Waals surface area contributed by atoms with Gasteiger partial charge in [0.1, 0.15) is 0 Å². The van der Waals surface area contributed by atoms with Crippen molar-refractivity contribution in [2.45, 2.75) is 0 Å². The van der Waals surface area contributed by atoms with E-state index in [9.17, 15) is 0 Å². The normalized spacial score (nSPS) is 0. The standard InChI is InChI=1S/Ge.3Na. The summed E-state index contributed by atoms with van der Waals surface area (Å²) in [4.78, 5) is 0. The van der Waals surface area contributed by atoms with Crippen molar-refractivity contribution in [2.24, 2.45) is 0 Å². The minimum atomic E-state index is 0. The summed E-state index contributed by atoms with van der Waals surface area (Å²) in [6.45, 7) is 0. The van der Waals surface area contributed by atoms with Crippen LogP contribution in [0.1, 0.15) is 0 Å². The zero-order valence-corrected chi connectivity index (χ0v) is 11.6. The molecule has 0 aromatic heterocycles. The van der Waals surface area contributed by atoms with E-state index >= 15 is 0 Å². The number of rotatable bonds is 0. The van der Waals surface area contributed by atoms with Crippen LogP contribution in [-0.2, 0) is 0 Å². The molecule has 4 heavy (non-hydrogen) atoms. The monoisotopic (exact) mass is 143 g/mol. The van der Waals surface area contributed by atoms with Gasteiger partial charge in [-0.05, 0) is 0 Å². The van der Waals surface area contributed by atoms with Crippen molar-refractivity contribution >= 4 is 106 Å². The van der Waals surface area contributed by atoms with Crippen LogP contribution in [-0.4, -0.2) is 106 Å². The van der Waals surface area contributed by atoms with Gasteiger partial charge in [0.2, 0.25) is 0 Å². The first-order valence-electron chi connectivity index (χ1n) is 0. The maximum atomic E-state index is 0. The molecule has 0 N–H and O–H groups in total. The molecule has 0 rings (SSSR count). The summed E-state index contributed by atoms with van der Waals surface area (Å²) >= 11 is 0. The molecular weight excluding hydrogens is 142 g/mol. The average molecular weight is 142 g/mol. The Labute approximate surface area is 104 Å². The molecule has 0 heterocycles. The van der Waals surface area contributed by atoms with Crippen molar-refractivity contribution in [3.8, 4) is 0 Å². The summed E-state index contributed by atoms with van der Waals surface area (Å²) in [5.74, 6) is 0. The Morgan fingerprint density at radius 1 is 0.500 bits per heavy atom. The zero-order chi connectivity index (χ0) is 0. The predicted octanol–water partition coefficient (Wildman–Crippen LogP) is -1.52. The third kappa shape index (κ3) is 9.11. The summed E-state index contributed by atoms with van der Waals surface area (Å²) < 4.78 is 0. The van der Waals surface area contributed by atoms with Crippen molar-refractivity contribution < 1.29 is 0 Å². The Morgan fingerprint density at radius 2 is 0.500 bits per heavy atom. The summed E-state index contributed by atoms with van der Waals surface area (Å²) in [6, 6.07) is 0. The van der Waals surface area contributed by atoms with Crippen LogP contribution in [0.3, 0.4) is 0 Å². The molecule has 0 bridgehead atoms. The largest absolute Gasteiger partial charge is 0 e. The molecule has 0 aliphatic heterocycles. The Hall–Kier alpha value is 3.54. The molecule has 0 spiro atoms. The van der Waals surface area contributed by atoms with Gasteiger partial charge in [-0.2, -0.15) is 0 Å². The van der Waals surface area contributed by atoms with Crippen LogP contribution in [0.2, 0.25) is 0 Å². The fourth-order valence-electron chi connectivity index (χ4n) is 0. The van der Waals surface area contributed by atoms with Crippen molar-refractivity contribution in [3.63, 3.8) is 0 Å². The van der Waals surface area contributed by atoms with Gasteiger partial charge in [0.05, 0.1) is 0 Å². The van der Waals surface area contributed by atoms with E-state index in [1.165, 1.54) is 0 Å². The topological polar surface area (TPSA) is 0 Å². The van der Waals surface area contributed by atoms with E-state index in [2.05, 4.69) is 0 Å². The van der Waals surface area contributed by atoms with E-state index in [-0.39, 0.29) is 106 Å². The van der Waals surface area contributed by atoms with E-state index in [1.807, 2.05) is 0 Å². The van der Waals surface area contributed by atoms with Crippen LogP contribution >= 0.6 is 0 Å². The van der Waals surface area contributed by atoms with Gasteiger partial charge in [0.25, 0.3) is 0 Å². The number of hydrogen-bond acceptors (Lipinski definition) is 0. The zero-order valence-electron chi connectivity index (χ0n) is 3.50. The predicted molar refractivity (Wildman–Crippen MR) is 23.0 cm³/mol. The van der Waals surface area contributed by atoms with Crippen molar-refractivity contribution in [2.75, 3.05) is 0 Å². The van der Waals surface area contributed by atoms with Gasteiger partial charge >= 0.3 is 0 Å². The smallest absolute Gasteiger partial charge is 0 e. The van der Waals surface area contributed by atoms with Gasteiger partial charge < -0.3 is 0 Å². The van der Waals surface area contributed by atoms with E-state index in [0.29, 0.717) is 0 Å². The van der Waals surface area contributed by atoms with Crippen LogP contribution in [0.15, 0.2) is 0 Å². The summed E-state index contributed by atoms with van der Waals surface area (Å²) in [5.41, 5.74) is 0. The van der Waals surface area contributed by atoms with Crippen molar-refractivity contribution in [3.05, 3.63) is 0 Å². The molecule has 0 aliphatic carbocycles. The molecule has 0 nitrogen and oxygen atoms in total. The maximum absolute atomic E-state index is 0. The fraction of sp³-hybridized carbons (Fsp3) is 0. The Bertz CT molecular complexity index is 3.25. The van der Waals surface area contributed by atoms with Crippen LogP contribution in [0.4, 0.5) is 0 Å². The van der Waals surface area contributed by atoms with E-state index < -0.39 is 0 Å². The molecule has 0 saturated carbocycles. The second kappa shape index (κ2) is 16.0. The van der Waals surface area contributed by atoms with Crippen LogP contribution < -0.4 is 0 Å². The minimum Gasteiger partial charge on any atom is 0 e. The molecule has 7 valence electrons. The molecule has 0 aliphatic rings. The van der Waals surface area contributed by atoms with Crippen LogP contribution in [0.5, 0.6) is 0 Å². The van der Waals surface area contributed by atoms with Gasteiger partial charge in [0, 0.05) is 106 Å². The quantitative estimate of drug-likeness (QED) is 0.360. The first-order chi connectivity index (χ1) is 0. The average Bonchev–Trinajstić information content (AvgIpc) is 0. The molecule has 0 atom stereocenters. The molecule has 4 heteroatoms. The fourth-order valence-corrected chi connectivity index (χ4v) is 0. The second-order valence-corrected chi connectivity index (χ2v) is 0. The van der Waals surface area contributed by atoms with E-state index in [4.69, 9.17) is 0 Å². The van der Waals surface area contributed by atoms with Gasteiger partial charge in [-0.15, -0.1) is 0 Å². The molecule has 0 saturated heterocycles. The molecule has 0 amide bonds. The van der Waals surface area contributed by atoms with Gasteiger partial charge in [-0.25, -0.2) is 0 Å². The summed E-state index contributed by atoms with van der Waals surface area (Å²) in [5, 5.41) is 0. The summed E-state index contributed by atoms with van der Waals surface area (Å²) in [6.07, 6.45) is 0. The molecule has 0 unspecified atom stereocenters. The van der Waals surface area contributed by atoms with Gasteiger partial charge in [-0.1, -0.05) is 0 Å². The number of hydrogen-bond donors (Lipinski definition) is 0. The van der Waals surface area contributed by atoms with Crippen molar-refractivity contribution in [1.82, 2.24) is 0 Å². The third-order valence-electron chi connectivity index (χ3n) is 0. The Morgan fingerprint density at radius 3 is 0.500 bits per heavy atom. The molecule has 7 radical (unpaired) electrons. The molecule has 0 aromatic carbocycles. The first kappa shape index (κ1) is 25.7. The van der Waals surface area contributed by atoms with Gasteiger partial charge in [-0.3, -0.25) is 0 Å². The Kier molecular flexibility index (Phi) is 103. The molecule has 0 fully saturated rings. The van der Waals surface area contributed by atoms with E-state index in [1.54, 1.807) is 0 Å². The van der Waals surface area contributed by atoms with Crippen LogP contribution in [0, 0.1) is 0 Å². The SMILES string of the molecule is [Ge].[Na].[Na].[Na].